The summed E-state index contributed by atoms with van der Waals surface area (Å²) in [4.78, 5) is 30.8. The Bertz CT molecular complexity index is 755. The molecule has 1 unspecified atom stereocenters. The number of likely N-dealkylation sites (tertiary alicyclic amines) is 1. The predicted molar refractivity (Wildman–Crippen MR) is 95.8 cm³/mol. The van der Waals surface area contributed by atoms with Gasteiger partial charge in [-0.05, 0) is 38.9 Å². The highest BCUT2D eigenvalue weighted by Crippen LogP contribution is 2.20. The third kappa shape index (κ3) is 4.26. The van der Waals surface area contributed by atoms with Crippen LogP contribution in [0.4, 0.5) is 5.13 Å². The van der Waals surface area contributed by atoms with Crippen molar-refractivity contribution in [1.82, 2.24) is 15.2 Å². The third-order valence-electron chi connectivity index (χ3n) is 4.34. The van der Waals surface area contributed by atoms with Gasteiger partial charge in [0.05, 0.1) is 23.9 Å². The van der Waals surface area contributed by atoms with Gasteiger partial charge in [0.15, 0.2) is 5.13 Å². The fourth-order valence-corrected chi connectivity index (χ4v) is 3.72. The monoisotopic (exact) mass is 362 g/mol. The van der Waals surface area contributed by atoms with Gasteiger partial charge in [-0.25, -0.2) is 4.98 Å². The highest BCUT2D eigenvalue weighted by atomic mass is 32.1. The van der Waals surface area contributed by atoms with E-state index in [1.165, 1.54) is 17.6 Å². The third-order valence-corrected chi connectivity index (χ3v) is 5.15. The van der Waals surface area contributed by atoms with Crippen LogP contribution in [-0.4, -0.2) is 48.4 Å². The van der Waals surface area contributed by atoms with Crippen LogP contribution in [0.25, 0.3) is 0 Å². The maximum atomic E-state index is 12.4. The molecule has 25 heavy (non-hydrogen) atoms. The normalized spacial score (nSPS) is 17.0. The number of thiazole rings is 1. The number of carbonyl (C=O) groups excluding carboxylic acids is 2. The summed E-state index contributed by atoms with van der Waals surface area (Å²) in [6.07, 6.45) is 2.78. The summed E-state index contributed by atoms with van der Waals surface area (Å²) in [6, 6.07) is 1.62. The summed E-state index contributed by atoms with van der Waals surface area (Å²) >= 11 is 1.32. The lowest BCUT2D eigenvalue weighted by molar-refractivity contribution is -0.129. The number of nitrogens with zero attached hydrogens (tertiary/aromatic N) is 2. The topological polar surface area (TPSA) is 87.5 Å². The molecule has 2 amide bonds. The molecule has 0 spiro atoms. The van der Waals surface area contributed by atoms with E-state index in [1.807, 2.05) is 17.3 Å². The number of hydrogen-bond acceptors (Lipinski definition) is 6. The number of furan rings is 1. The molecule has 1 atom stereocenters. The van der Waals surface area contributed by atoms with Crippen LogP contribution in [0.1, 0.15) is 28.2 Å². The maximum Gasteiger partial charge on any atom is 0.260 e. The molecule has 1 saturated heterocycles. The summed E-state index contributed by atoms with van der Waals surface area (Å²) in [5.74, 6) is 0.924. The average molecular weight is 362 g/mol. The molecule has 2 N–H and O–H groups in total. The smallest absolute Gasteiger partial charge is 0.260 e. The lowest BCUT2D eigenvalue weighted by Gasteiger charge is -2.15. The molecule has 2 aromatic heterocycles. The first-order valence-corrected chi connectivity index (χ1v) is 9.17. The quantitative estimate of drug-likeness (QED) is 0.820. The Morgan fingerprint density at radius 1 is 1.48 bits per heavy atom. The van der Waals surface area contributed by atoms with Gasteiger partial charge >= 0.3 is 0 Å². The minimum Gasteiger partial charge on any atom is -0.469 e. The van der Waals surface area contributed by atoms with E-state index < -0.39 is 0 Å². The minimum atomic E-state index is -0.257. The van der Waals surface area contributed by atoms with Crippen molar-refractivity contribution >= 4 is 28.3 Å². The standard InChI is InChI=1S/C17H22N4O3S/c1-11-14(4-6-24-11)16(23)20-17-19-13(10-25-17)7-15(22)21-5-3-12(9-21)8-18-2/h4,6,10,12,18H,3,5,7-9H2,1-2H3,(H,19,20,23). The minimum absolute atomic E-state index is 0.0902. The van der Waals surface area contributed by atoms with E-state index in [1.54, 1.807) is 13.0 Å². The SMILES string of the molecule is CNCC1CCN(C(=O)Cc2csc(NC(=O)c3ccoc3C)n2)C1. The molecule has 8 heteroatoms. The largest absolute Gasteiger partial charge is 0.469 e. The lowest BCUT2D eigenvalue weighted by atomic mass is 10.1. The van der Waals surface area contributed by atoms with Crippen molar-refractivity contribution in [3.8, 4) is 0 Å². The van der Waals surface area contributed by atoms with Crippen molar-refractivity contribution in [2.45, 2.75) is 19.8 Å². The van der Waals surface area contributed by atoms with Gasteiger partial charge in [-0.2, -0.15) is 0 Å². The van der Waals surface area contributed by atoms with Gasteiger partial charge < -0.3 is 14.6 Å². The van der Waals surface area contributed by atoms with Crippen LogP contribution >= 0.6 is 11.3 Å². The van der Waals surface area contributed by atoms with Gasteiger partial charge in [0.1, 0.15) is 5.76 Å². The molecule has 0 radical (unpaired) electrons. The van der Waals surface area contributed by atoms with Gasteiger partial charge in [0, 0.05) is 18.5 Å². The van der Waals surface area contributed by atoms with Crippen LogP contribution in [0.5, 0.6) is 0 Å². The van der Waals surface area contributed by atoms with Crippen LogP contribution in [-0.2, 0) is 11.2 Å². The Morgan fingerprint density at radius 3 is 3.04 bits per heavy atom. The molecule has 0 aromatic carbocycles. The second-order valence-electron chi connectivity index (χ2n) is 6.22. The van der Waals surface area contributed by atoms with Crippen molar-refractivity contribution in [1.29, 1.82) is 0 Å². The van der Waals surface area contributed by atoms with Crippen molar-refractivity contribution in [2.24, 2.45) is 5.92 Å². The Kier molecular flexibility index (Phi) is 5.50. The van der Waals surface area contributed by atoms with Crippen LogP contribution in [0.2, 0.25) is 0 Å². The van der Waals surface area contributed by atoms with Gasteiger partial charge in [0.2, 0.25) is 5.91 Å². The molecule has 0 saturated carbocycles. The van der Waals surface area contributed by atoms with Gasteiger partial charge in [-0.3, -0.25) is 14.9 Å². The number of hydrogen-bond donors (Lipinski definition) is 2. The molecule has 2 aromatic rings. The first kappa shape index (κ1) is 17.6. The molecule has 7 nitrogen and oxygen atoms in total. The molecule has 1 aliphatic rings. The molecule has 3 rings (SSSR count). The first-order valence-electron chi connectivity index (χ1n) is 8.29. The molecule has 134 valence electrons. The number of amides is 2. The zero-order valence-corrected chi connectivity index (χ0v) is 15.2. The maximum absolute atomic E-state index is 12.4. The van der Waals surface area contributed by atoms with Crippen molar-refractivity contribution < 1.29 is 14.0 Å². The zero-order valence-electron chi connectivity index (χ0n) is 14.4. The van der Waals surface area contributed by atoms with Crippen LogP contribution in [0, 0.1) is 12.8 Å². The summed E-state index contributed by atoms with van der Waals surface area (Å²) in [6.45, 7) is 4.27. The number of aromatic nitrogens is 1. The Morgan fingerprint density at radius 2 is 2.32 bits per heavy atom. The number of rotatable bonds is 6. The zero-order chi connectivity index (χ0) is 17.8. The van der Waals surface area contributed by atoms with E-state index in [0.29, 0.717) is 28.1 Å². The number of nitrogens with one attached hydrogen (secondary N) is 2. The highest BCUT2D eigenvalue weighted by molar-refractivity contribution is 7.14. The molecule has 0 bridgehead atoms. The number of anilines is 1. The predicted octanol–water partition coefficient (Wildman–Crippen LogP) is 1.91. The summed E-state index contributed by atoms with van der Waals surface area (Å²) < 4.78 is 5.13. The van der Waals surface area contributed by atoms with E-state index in [2.05, 4.69) is 15.6 Å². The molecule has 1 aliphatic heterocycles. The second-order valence-corrected chi connectivity index (χ2v) is 7.08. The summed E-state index contributed by atoms with van der Waals surface area (Å²) in [7, 11) is 1.93. The Balaban J connectivity index is 1.54. The molecular weight excluding hydrogens is 340 g/mol. The number of aryl methyl sites for hydroxylation is 1. The summed E-state index contributed by atoms with van der Waals surface area (Å²) in [5, 5.41) is 8.21. The van der Waals surface area contributed by atoms with Crippen LogP contribution in [0.15, 0.2) is 22.1 Å². The summed E-state index contributed by atoms with van der Waals surface area (Å²) in [5.41, 5.74) is 1.17. The average Bonchev–Trinajstić information content (AvgIpc) is 3.29. The molecule has 0 aliphatic carbocycles. The second kappa shape index (κ2) is 7.79. The van der Waals surface area contributed by atoms with Gasteiger partial charge in [-0.1, -0.05) is 0 Å². The van der Waals surface area contributed by atoms with Crippen molar-refractivity contribution in [3.05, 3.63) is 34.7 Å². The van der Waals surface area contributed by atoms with E-state index in [4.69, 9.17) is 4.42 Å². The Labute approximate surface area is 150 Å². The molecular formula is C17H22N4O3S. The highest BCUT2D eigenvalue weighted by Gasteiger charge is 2.26. The lowest BCUT2D eigenvalue weighted by Crippen LogP contribution is -2.31. The van der Waals surface area contributed by atoms with E-state index in [-0.39, 0.29) is 18.2 Å². The van der Waals surface area contributed by atoms with Crippen LogP contribution < -0.4 is 10.6 Å². The fraction of sp³-hybridized carbons (Fsp3) is 0.471. The Hall–Kier alpha value is -2.19. The van der Waals surface area contributed by atoms with E-state index in [9.17, 15) is 9.59 Å². The van der Waals surface area contributed by atoms with Crippen molar-refractivity contribution in [3.63, 3.8) is 0 Å². The molecule has 3 heterocycles. The van der Waals surface area contributed by atoms with Gasteiger partial charge in [-0.15, -0.1) is 11.3 Å². The molecule has 1 fully saturated rings. The van der Waals surface area contributed by atoms with E-state index >= 15 is 0 Å². The van der Waals surface area contributed by atoms with Crippen LogP contribution in [0.3, 0.4) is 0 Å². The van der Waals surface area contributed by atoms with Crippen molar-refractivity contribution in [2.75, 3.05) is 32.0 Å². The first-order chi connectivity index (χ1) is 12.1. The fourth-order valence-electron chi connectivity index (χ4n) is 3.01. The van der Waals surface area contributed by atoms with E-state index in [0.717, 1.165) is 26.1 Å². The number of carbonyl (C=O) groups is 2. The van der Waals surface area contributed by atoms with Gasteiger partial charge in [0.25, 0.3) is 5.91 Å².